The molecule has 0 bridgehead atoms. The number of benzene rings is 2. The van der Waals surface area contributed by atoms with Crippen LogP contribution in [0.15, 0.2) is 54.9 Å². The molecule has 0 fully saturated rings. The molecule has 0 aliphatic heterocycles. The van der Waals surface area contributed by atoms with E-state index < -0.39 is 11.0 Å². The quantitative estimate of drug-likeness (QED) is 0.481. The number of aliphatic hydroxyl groups is 1. The Kier molecular flexibility index (Phi) is 5.84. The highest BCUT2D eigenvalue weighted by molar-refractivity contribution is 5.56. The zero-order chi connectivity index (χ0) is 19.2. The maximum atomic E-state index is 13.5. The molecule has 0 saturated carbocycles. The van der Waals surface area contributed by atoms with Gasteiger partial charge in [0.1, 0.15) is 12.1 Å². The van der Waals surface area contributed by atoms with Gasteiger partial charge in [0.05, 0.1) is 30.8 Å². The summed E-state index contributed by atoms with van der Waals surface area (Å²) in [6.45, 7) is 0.230. The molecule has 0 spiro atoms. The second kappa shape index (κ2) is 8.47. The van der Waals surface area contributed by atoms with Crippen molar-refractivity contribution in [3.63, 3.8) is 0 Å². The second-order valence-corrected chi connectivity index (χ2v) is 5.85. The molecule has 27 heavy (non-hydrogen) atoms. The van der Waals surface area contributed by atoms with Crippen LogP contribution >= 0.6 is 0 Å². The first-order chi connectivity index (χ1) is 13.0. The Bertz CT molecular complexity index is 914. The monoisotopic (exact) mass is 372 g/mol. The van der Waals surface area contributed by atoms with Gasteiger partial charge in [-0.05, 0) is 18.2 Å². The van der Waals surface area contributed by atoms with E-state index in [2.05, 4.69) is 10.1 Å². The number of nitrogens with zero attached hydrogens (tertiary/aromatic N) is 4. The fourth-order valence-corrected chi connectivity index (χ4v) is 2.44. The van der Waals surface area contributed by atoms with Crippen LogP contribution in [0.1, 0.15) is 5.56 Å². The average Bonchev–Trinajstić information content (AvgIpc) is 3.12. The van der Waals surface area contributed by atoms with Gasteiger partial charge in [-0.3, -0.25) is 10.1 Å². The molecule has 1 aromatic heterocycles. The maximum absolute atomic E-state index is 13.5. The number of rotatable bonds is 8. The SMILES string of the molecule is O=[N+]([O-])c1ccc(-c2ncn(C[C@@H](O)COCc3ccccc3F)n2)cc1. The number of non-ortho nitro benzene ring substituents is 1. The van der Waals surface area contributed by atoms with Crippen molar-refractivity contribution in [2.24, 2.45) is 0 Å². The van der Waals surface area contributed by atoms with Gasteiger partial charge < -0.3 is 9.84 Å². The topological polar surface area (TPSA) is 103 Å². The van der Waals surface area contributed by atoms with E-state index in [1.54, 1.807) is 30.3 Å². The molecule has 0 unspecified atom stereocenters. The van der Waals surface area contributed by atoms with Crippen molar-refractivity contribution in [2.75, 3.05) is 6.61 Å². The lowest BCUT2D eigenvalue weighted by Crippen LogP contribution is -2.22. The van der Waals surface area contributed by atoms with Gasteiger partial charge in [-0.25, -0.2) is 14.1 Å². The van der Waals surface area contributed by atoms with Gasteiger partial charge in [0.2, 0.25) is 0 Å². The highest BCUT2D eigenvalue weighted by atomic mass is 19.1. The van der Waals surface area contributed by atoms with Crippen LogP contribution in [0.3, 0.4) is 0 Å². The average molecular weight is 372 g/mol. The number of hydrogen-bond donors (Lipinski definition) is 1. The Balaban J connectivity index is 1.52. The predicted molar refractivity (Wildman–Crippen MR) is 94.2 cm³/mol. The van der Waals surface area contributed by atoms with Crippen LogP contribution in [0.4, 0.5) is 10.1 Å². The number of aliphatic hydroxyl groups excluding tert-OH is 1. The summed E-state index contributed by atoms with van der Waals surface area (Å²) >= 11 is 0. The zero-order valence-corrected chi connectivity index (χ0v) is 14.2. The van der Waals surface area contributed by atoms with Crippen LogP contribution in [-0.4, -0.2) is 37.5 Å². The Morgan fingerprint density at radius 3 is 2.67 bits per heavy atom. The van der Waals surface area contributed by atoms with Crippen LogP contribution < -0.4 is 0 Å². The first kappa shape index (κ1) is 18.6. The second-order valence-electron chi connectivity index (χ2n) is 5.85. The molecule has 1 N–H and O–H groups in total. The third kappa shape index (κ3) is 4.93. The van der Waals surface area contributed by atoms with Crippen molar-refractivity contribution in [1.29, 1.82) is 0 Å². The van der Waals surface area contributed by atoms with E-state index in [0.29, 0.717) is 17.0 Å². The largest absolute Gasteiger partial charge is 0.389 e. The van der Waals surface area contributed by atoms with Gasteiger partial charge >= 0.3 is 0 Å². The van der Waals surface area contributed by atoms with Crippen LogP contribution in [0, 0.1) is 15.9 Å². The van der Waals surface area contributed by atoms with E-state index in [1.807, 2.05) is 0 Å². The molecule has 1 atom stereocenters. The van der Waals surface area contributed by atoms with Crippen molar-refractivity contribution in [3.8, 4) is 11.4 Å². The minimum absolute atomic E-state index is 0.0133. The van der Waals surface area contributed by atoms with E-state index in [9.17, 15) is 19.6 Å². The van der Waals surface area contributed by atoms with E-state index in [1.165, 1.54) is 29.2 Å². The molecule has 3 aromatic rings. The van der Waals surface area contributed by atoms with E-state index >= 15 is 0 Å². The number of ether oxygens (including phenoxy) is 1. The number of nitro benzene ring substituents is 1. The van der Waals surface area contributed by atoms with Crippen molar-refractivity contribution in [2.45, 2.75) is 19.3 Å². The van der Waals surface area contributed by atoms with Gasteiger partial charge in [-0.2, -0.15) is 5.10 Å². The molecule has 9 heteroatoms. The molecule has 0 aliphatic carbocycles. The van der Waals surface area contributed by atoms with Crippen molar-refractivity contribution in [1.82, 2.24) is 14.8 Å². The maximum Gasteiger partial charge on any atom is 0.269 e. The van der Waals surface area contributed by atoms with Crippen molar-refractivity contribution < 1.29 is 19.2 Å². The summed E-state index contributed by atoms with van der Waals surface area (Å²) in [4.78, 5) is 14.3. The standard InChI is InChI=1S/C18H17FN4O4/c19-17-4-2-1-3-14(17)10-27-11-16(24)9-22-12-20-18(21-22)13-5-7-15(8-6-13)23(25)26/h1-8,12,16,24H,9-11H2/t16-/m1/s1. The highest BCUT2D eigenvalue weighted by Crippen LogP contribution is 2.19. The number of hydrogen-bond acceptors (Lipinski definition) is 6. The molecule has 0 saturated heterocycles. The lowest BCUT2D eigenvalue weighted by atomic mass is 10.2. The summed E-state index contributed by atoms with van der Waals surface area (Å²) in [6, 6.07) is 12.2. The highest BCUT2D eigenvalue weighted by Gasteiger charge is 2.11. The van der Waals surface area contributed by atoms with Crippen molar-refractivity contribution in [3.05, 3.63) is 76.4 Å². The van der Waals surface area contributed by atoms with Crippen LogP contribution in [0.5, 0.6) is 0 Å². The fraction of sp³-hybridized carbons (Fsp3) is 0.222. The summed E-state index contributed by atoms with van der Waals surface area (Å²) in [5, 5.41) is 25.0. The summed E-state index contributed by atoms with van der Waals surface area (Å²) in [6.07, 6.45) is 0.611. The molecule has 2 aromatic carbocycles. The lowest BCUT2D eigenvalue weighted by molar-refractivity contribution is -0.384. The van der Waals surface area contributed by atoms with Crippen LogP contribution in [0.2, 0.25) is 0 Å². The third-order valence-electron chi connectivity index (χ3n) is 3.80. The number of aromatic nitrogens is 3. The van der Waals surface area contributed by atoms with E-state index in [4.69, 9.17) is 4.74 Å². The van der Waals surface area contributed by atoms with Crippen LogP contribution in [0.25, 0.3) is 11.4 Å². The molecule has 0 radical (unpaired) electrons. The molecule has 0 amide bonds. The molecule has 8 nitrogen and oxygen atoms in total. The molecule has 1 heterocycles. The number of nitro groups is 1. The Morgan fingerprint density at radius 2 is 1.96 bits per heavy atom. The summed E-state index contributed by atoms with van der Waals surface area (Å²) in [5.74, 6) is 0.0420. The van der Waals surface area contributed by atoms with Gasteiger partial charge in [0.15, 0.2) is 5.82 Å². The normalized spacial score (nSPS) is 12.1. The minimum Gasteiger partial charge on any atom is -0.389 e. The first-order valence-corrected chi connectivity index (χ1v) is 8.16. The Morgan fingerprint density at radius 1 is 1.22 bits per heavy atom. The summed E-state index contributed by atoms with van der Waals surface area (Å²) < 4.78 is 20.3. The molecule has 140 valence electrons. The smallest absolute Gasteiger partial charge is 0.269 e. The van der Waals surface area contributed by atoms with Gasteiger partial charge in [-0.1, -0.05) is 18.2 Å². The summed E-state index contributed by atoms with van der Waals surface area (Å²) in [5.41, 5.74) is 1.04. The summed E-state index contributed by atoms with van der Waals surface area (Å²) in [7, 11) is 0. The van der Waals surface area contributed by atoms with E-state index in [0.717, 1.165) is 0 Å². The lowest BCUT2D eigenvalue weighted by Gasteiger charge is -2.11. The predicted octanol–water partition coefficient (Wildman–Crippen LogP) is 2.57. The van der Waals surface area contributed by atoms with Gasteiger partial charge in [0.25, 0.3) is 5.69 Å². The molecule has 0 aliphatic rings. The molecular formula is C18H17FN4O4. The zero-order valence-electron chi connectivity index (χ0n) is 14.2. The first-order valence-electron chi connectivity index (χ1n) is 8.16. The Hall–Kier alpha value is -3.17. The van der Waals surface area contributed by atoms with Gasteiger partial charge in [-0.15, -0.1) is 0 Å². The van der Waals surface area contributed by atoms with Crippen LogP contribution in [-0.2, 0) is 17.9 Å². The molecule has 3 rings (SSSR count). The fourth-order valence-electron chi connectivity index (χ4n) is 2.44. The van der Waals surface area contributed by atoms with Gasteiger partial charge in [0, 0.05) is 23.3 Å². The van der Waals surface area contributed by atoms with E-state index in [-0.39, 0.29) is 31.3 Å². The molecular weight excluding hydrogens is 355 g/mol. The van der Waals surface area contributed by atoms with Crippen molar-refractivity contribution >= 4 is 5.69 Å². The Labute approximate surface area is 154 Å². The minimum atomic E-state index is -0.844. The third-order valence-corrected chi connectivity index (χ3v) is 3.80. The number of halogens is 1.